The third kappa shape index (κ3) is 8.20. The minimum Gasteiger partial charge on any atom is -0.444 e. The molecule has 3 N–H and O–H groups in total. The van der Waals surface area contributed by atoms with E-state index >= 15 is 0 Å². The van der Waals surface area contributed by atoms with Gasteiger partial charge in [-0.3, -0.25) is 0 Å². The Kier molecular flexibility index (Phi) is 10.1. The van der Waals surface area contributed by atoms with Crippen LogP contribution in [0.1, 0.15) is 34.6 Å². The minimum absolute atomic E-state index is 0.238. The maximum Gasteiger partial charge on any atom is 0.408 e. The molecule has 0 saturated carbocycles. The van der Waals surface area contributed by atoms with Gasteiger partial charge in [0.05, 0.1) is 59.5 Å². The molecule has 0 aromatic carbocycles. The molecule has 0 radical (unpaired) electrons. The molecule has 12 nitrogen and oxygen atoms in total. The van der Waals surface area contributed by atoms with E-state index in [4.69, 9.17) is 48.4 Å². The molecule has 3 fully saturated rings. The average molecular weight is 507 g/mol. The molecule has 3 aliphatic heterocycles. The van der Waals surface area contributed by atoms with Crippen LogP contribution in [-0.4, -0.2) is 114 Å². The van der Waals surface area contributed by atoms with Crippen molar-refractivity contribution >= 4 is 6.09 Å². The summed E-state index contributed by atoms with van der Waals surface area (Å²) in [5, 5.41) is 2.84. The van der Waals surface area contributed by atoms with Gasteiger partial charge in [-0.25, -0.2) is 4.79 Å². The van der Waals surface area contributed by atoms with Gasteiger partial charge in [0, 0.05) is 6.54 Å². The smallest absolute Gasteiger partial charge is 0.408 e. The van der Waals surface area contributed by atoms with Crippen molar-refractivity contribution in [2.24, 2.45) is 5.73 Å². The maximum atomic E-state index is 12.4. The van der Waals surface area contributed by atoms with Crippen LogP contribution in [0.5, 0.6) is 0 Å². The highest BCUT2D eigenvalue weighted by molar-refractivity contribution is 5.68. The first-order valence-corrected chi connectivity index (χ1v) is 12.2. The molecule has 12 heteroatoms. The van der Waals surface area contributed by atoms with Gasteiger partial charge in [0.15, 0.2) is 12.1 Å². The van der Waals surface area contributed by atoms with Gasteiger partial charge in [0.25, 0.3) is 0 Å². The zero-order chi connectivity index (χ0) is 25.5. The zero-order valence-electron chi connectivity index (χ0n) is 21.5. The van der Waals surface area contributed by atoms with Crippen LogP contribution in [0, 0.1) is 0 Å². The Hall–Kier alpha value is -1.09. The Morgan fingerprint density at radius 2 is 1.54 bits per heavy atom. The number of alkyl carbamates (subject to hydrolysis) is 1. The number of ether oxygens (including phenoxy) is 9. The first-order valence-electron chi connectivity index (χ1n) is 12.2. The van der Waals surface area contributed by atoms with E-state index in [9.17, 15) is 4.79 Å². The summed E-state index contributed by atoms with van der Waals surface area (Å²) in [5.74, 6) is -0.845. The fourth-order valence-electron chi connectivity index (χ4n) is 4.20. The van der Waals surface area contributed by atoms with Crippen LogP contribution in [0.15, 0.2) is 0 Å². The highest BCUT2D eigenvalue weighted by atomic mass is 16.8. The van der Waals surface area contributed by atoms with Gasteiger partial charge in [-0.2, -0.15) is 0 Å². The molecular weight excluding hydrogens is 464 g/mol. The number of rotatable bonds is 14. The number of nitrogens with one attached hydrogen (secondary N) is 1. The Balaban J connectivity index is 1.43. The van der Waals surface area contributed by atoms with E-state index in [0.717, 1.165) is 0 Å². The quantitative estimate of drug-likeness (QED) is 0.319. The van der Waals surface area contributed by atoms with E-state index in [1.807, 2.05) is 13.8 Å². The molecule has 3 rings (SSSR count). The second-order valence-electron chi connectivity index (χ2n) is 10.2. The standard InChI is InChI=1S/C23H42N2O10/c1-21(2,3)35-20(26)25-16-17-18(33-22(4,5)32-17)23(15-31-19(16)34-23)14-30-13-12-29-11-10-28-9-8-27-7-6-24/h16-19H,6-15,24H2,1-5H3,(H,25,26)/t16-,17-,18-,19-,23+/m1/s1. The summed E-state index contributed by atoms with van der Waals surface area (Å²) in [6.07, 6.45) is -2.25. The lowest BCUT2D eigenvalue weighted by Gasteiger charge is -2.42. The van der Waals surface area contributed by atoms with E-state index in [2.05, 4.69) is 5.32 Å². The largest absolute Gasteiger partial charge is 0.444 e. The van der Waals surface area contributed by atoms with Crippen molar-refractivity contribution < 1.29 is 47.4 Å². The lowest BCUT2D eigenvalue weighted by molar-refractivity contribution is -0.213. The molecule has 0 aromatic heterocycles. The van der Waals surface area contributed by atoms with Gasteiger partial charge in [-0.05, 0) is 34.6 Å². The average Bonchev–Trinajstić information content (AvgIpc) is 3.31. The second-order valence-corrected chi connectivity index (χ2v) is 10.2. The van der Waals surface area contributed by atoms with E-state index in [1.165, 1.54) is 0 Å². The third-order valence-electron chi connectivity index (χ3n) is 5.55. The summed E-state index contributed by atoms with van der Waals surface area (Å²) >= 11 is 0. The van der Waals surface area contributed by atoms with E-state index in [0.29, 0.717) is 52.8 Å². The van der Waals surface area contributed by atoms with Crippen LogP contribution >= 0.6 is 0 Å². The van der Waals surface area contributed by atoms with Gasteiger partial charge in [0.1, 0.15) is 29.5 Å². The first kappa shape index (κ1) is 28.5. The number of carbonyl (C=O) groups excluding carboxylic acids is 1. The molecule has 204 valence electrons. The monoisotopic (exact) mass is 506 g/mol. The first-order chi connectivity index (χ1) is 16.6. The van der Waals surface area contributed by atoms with Crippen LogP contribution in [0.3, 0.4) is 0 Å². The minimum atomic E-state index is -0.845. The molecule has 0 spiro atoms. The van der Waals surface area contributed by atoms with Crippen LogP contribution in [0.2, 0.25) is 0 Å². The van der Waals surface area contributed by atoms with Gasteiger partial charge in [0.2, 0.25) is 0 Å². The Morgan fingerprint density at radius 3 is 2.14 bits per heavy atom. The zero-order valence-corrected chi connectivity index (χ0v) is 21.5. The fraction of sp³-hybridized carbons (Fsp3) is 0.957. The molecule has 3 heterocycles. The summed E-state index contributed by atoms with van der Waals surface area (Å²) in [7, 11) is 0. The molecule has 2 bridgehead atoms. The molecule has 1 amide bonds. The van der Waals surface area contributed by atoms with E-state index in [-0.39, 0.29) is 13.2 Å². The summed E-state index contributed by atoms with van der Waals surface area (Å²) in [6, 6.07) is -0.587. The predicted octanol–water partition coefficient (Wildman–Crippen LogP) is 0.550. The van der Waals surface area contributed by atoms with Gasteiger partial charge < -0.3 is 53.7 Å². The van der Waals surface area contributed by atoms with Crippen molar-refractivity contribution in [2.75, 3.05) is 66.0 Å². The highest BCUT2D eigenvalue weighted by Gasteiger charge is 2.66. The van der Waals surface area contributed by atoms with Crippen molar-refractivity contribution in [3.63, 3.8) is 0 Å². The van der Waals surface area contributed by atoms with Crippen molar-refractivity contribution in [2.45, 2.75) is 76.1 Å². The number of carbonyl (C=O) groups is 1. The predicted molar refractivity (Wildman–Crippen MR) is 123 cm³/mol. The van der Waals surface area contributed by atoms with Crippen molar-refractivity contribution in [3.05, 3.63) is 0 Å². The van der Waals surface area contributed by atoms with Gasteiger partial charge in [-0.1, -0.05) is 0 Å². The topological polar surface area (TPSA) is 138 Å². The Morgan fingerprint density at radius 1 is 0.943 bits per heavy atom. The van der Waals surface area contributed by atoms with Crippen molar-refractivity contribution in [3.8, 4) is 0 Å². The molecule has 0 aliphatic carbocycles. The number of hydrogen-bond acceptors (Lipinski definition) is 11. The third-order valence-corrected chi connectivity index (χ3v) is 5.55. The number of amides is 1. The molecule has 0 unspecified atom stereocenters. The fourth-order valence-corrected chi connectivity index (χ4v) is 4.20. The molecular formula is C23H42N2O10. The normalized spacial score (nSPS) is 31.4. The van der Waals surface area contributed by atoms with E-state index in [1.54, 1.807) is 20.8 Å². The Labute approximate surface area is 207 Å². The van der Waals surface area contributed by atoms with Crippen molar-refractivity contribution in [1.82, 2.24) is 5.32 Å². The summed E-state index contributed by atoms with van der Waals surface area (Å²) < 4.78 is 51.9. The lowest BCUT2D eigenvalue weighted by Crippen LogP contribution is -2.65. The van der Waals surface area contributed by atoms with E-state index < -0.39 is 47.6 Å². The summed E-state index contributed by atoms with van der Waals surface area (Å²) in [4.78, 5) is 12.4. The van der Waals surface area contributed by atoms with Crippen LogP contribution in [-0.2, 0) is 42.6 Å². The Bertz CT molecular complexity index is 673. The molecule has 3 aliphatic rings. The van der Waals surface area contributed by atoms with Crippen LogP contribution in [0.25, 0.3) is 0 Å². The SMILES string of the molecule is CC(C)(C)OC(=O)N[C@H]1[C@@H]2OC[C@](COCCOCCOCCOCCN)(O2)[C@@H]2OC(C)(C)O[C@H]12. The molecule has 0 aromatic rings. The second kappa shape index (κ2) is 12.4. The number of fused-ring (bicyclic) bond motifs is 4. The summed E-state index contributed by atoms with van der Waals surface area (Å²) in [5.41, 5.74) is 3.87. The molecule has 3 saturated heterocycles. The summed E-state index contributed by atoms with van der Waals surface area (Å²) in [6.45, 7) is 13.3. The van der Waals surface area contributed by atoms with Gasteiger partial charge >= 0.3 is 6.09 Å². The van der Waals surface area contributed by atoms with Crippen LogP contribution in [0.4, 0.5) is 4.79 Å². The molecule has 5 atom stereocenters. The van der Waals surface area contributed by atoms with Crippen molar-refractivity contribution in [1.29, 1.82) is 0 Å². The lowest BCUT2D eigenvalue weighted by atomic mass is 9.88. The maximum absolute atomic E-state index is 12.4. The number of nitrogens with two attached hydrogens (primary N) is 1. The van der Waals surface area contributed by atoms with Gasteiger partial charge in [-0.15, -0.1) is 0 Å². The highest BCUT2D eigenvalue weighted by Crippen LogP contribution is 2.46. The molecule has 35 heavy (non-hydrogen) atoms. The van der Waals surface area contributed by atoms with Crippen LogP contribution < -0.4 is 11.1 Å². The number of hydrogen-bond donors (Lipinski definition) is 2.